The van der Waals surface area contributed by atoms with Crippen molar-refractivity contribution in [3.05, 3.63) is 112 Å². The molecule has 0 saturated heterocycles. The van der Waals surface area contributed by atoms with Crippen LogP contribution in [0.4, 0.5) is 16.2 Å². The lowest BCUT2D eigenvalue weighted by molar-refractivity contribution is -0.384. The minimum Gasteiger partial charge on any atom is -0.465 e. The normalized spacial score (nSPS) is 11.5. The second-order valence-electron chi connectivity index (χ2n) is 8.51. The van der Waals surface area contributed by atoms with Crippen molar-refractivity contribution in [2.24, 2.45) is 0 Å². The molecule has 0 N–H and O–H groups in total. The quantitative estimate of drug-likeness (QED) is 0.164. The first-order valence-electron chi connectivity index (χ1n) is 11.8. The summed E-state index contributed by atoms with van der Waals surface area (Å²) in [5.74, 6) is 0.993. The number of nitro benzene ring substituents is 1. The lowest BCUT2D eigenvalue weighted by atomic mass is 10.0. The summed E-state index contributed by atoms with van der Waals surface area (Å²) in [5, 5.41) is 11.0. The van der Waals surface area contributed by atoms with Gasteiger partial charge in [-0.1, -0.05) is 30.3 Å². The monoisotopic (exact) mass is 526 g/mol. The van der Waals surface area contributed by atoms with E-state index in [1.54, 1.807) is 30.3 Å². The largest absolute Gasteiger partial charge is 0.465 e. The van der Waals surface area contributed by atoms with Crippen LogP contribution in [-0.4, -0.2) is 30.9 Å². The molecule has 1 heterocycles. The fourth-order valence-electron chi connectivity index (χ4n) is 4.03. The van der Waals surface area contributed by atoms with E-state index in [0.29, 0.717) is 22.7 Å². The molecule has 1 aliphatic heterocycles. The highest BCUT2D eigenvalue weighted by Gasteiger charge is 2.21. The predicted octanol–water partition coefficient (Wildman–Crippen LogP) is 5.98. The molecule has 0 radical (unpaired) electrons. The van der Waals surface area contributed by atoms with Crippen LogP contribution in [0.25, 0.3) is 11.1 Å². The molecule has 10 heteroatoms. The number of hydrogen-bond donors (Lipinski definition) is 0. The number of nitrogens with zero attached hydrogens (tertiary/aromatic N) is 2. The third kappa shape index (κ3) is 5.64. The topological polar surface area (TPSA) is 117 Å². The average Bonchev–Trinajstić information content (AvgIpc) is 3.44. The van der Waals surface area contributed by atoms with Gasteiger partial charge in [0, 0.05) is 17.8 Å². The number of fused-ring (bicyclic) bond motifs is 1. The van der Waals surface area contributed by atoms with Crippen molar-refractivity contribution < 1.29 is 33.5 Å². The van der Waals surface area contributed by atoms with Crippen molar-refractivity contribution >= 4 is 23.4 Å². The average molecular weight is 527 g/mol. The molecule has 0 aromatic heterocycles. The van der Waals surface area contributed by atoms with Crippen molar-refractivity contribution in [3.8, 4) is 28.4 Å². The second kappa shape index (κ2) is 10.9. The molecule has 39 heavy (non-hydrogen) atoms. The van der Waals surface area contributed by atoms with Crippen LogP contribution >= 0.6 is 0 Å². The zero-order chi connectivity index (χ0) is 27.4. The zero-order valence-electron chi connectivity index (χ0n) is 20.7. The van der Waals surface area contributed by atoms with Gasteiger partial charge in [0.25, 0.3) is 5.69 Å². The van der Waals surface area contributed by atoms with E-state index in [-0.39, 0.29) is 24.8 Å². The van der Waals surface area contributed by atoms with Gasteiger partial charge in [-0.05, 0) is 65.2 Å². The maximum Gasteiger partial charge on any atom is 0.420 e. The summed E-state index contributed by atoms with van der Waals surface area (Å²) in [6.45, 7) is 0.285. The molecular weight excluding hydrogens is 504 g/mol. The van der Waals surface area contributed by atoms with E-state index < -0.39 is 17.0 Å². The van der Waals surface area contributed by atoms with Gasteiger partial charge in [-0.25, -0.2) is 9.59 Å². The molecule has 0 unspecified atom stereocenters. The van der Waals surface area contributed by atoms with Crippen molar-refractivity contribution in [2.45, 2.75) is 6.54 Å². The van der Waals surface area contributed by atoms with Gasteiger partial charge >= 0.3 is 12.1 Å². The van der Waals surface area contributed by atoms with Crippen molar-refractivity contribution in [2.75, 3.05) is 18.8 Å². The van der Waals surface area contributed by atoms with Gasteiger partial charge in [0.2, 0.25) is 6.79 Å². The number of esters is 1. The summed E-state index contributed by atoms with van der Waals surface area (Å²) >= 11 is 0. The van der Waals surface area contributed by atoms with Crippen molar-refractivity contribution in [1.82, 2.24) is 0 Å². The Labute approximate surface area is 223 Å². The minimum atomic E-state index is -0.691. The highest BCUT2D eigenvalue weighted by atomic mass is 16.7. The van der Waals surface area contributed by atoms with Gasteiger partial charge in [-0.3, -0.25) is 15.0 Å². The highest BCUT2D eigenvalue weighted by Crippen LogP contribution is 2.37. The standard InChI is InChI=1S/C29H22N2O8/c1-36-28(32)20-7-5-19(6-8-20)17-30(29(33)39-25-12-10-23(11-13-25)31(34)35)24-4-2-3-21(15-24)22-9-14-26-27(16-22)38-18-37-26/h2-16H,17-18H2,1H3. The summed E-state index contributed by atoms with van der Waals surface area (Å²) in [6.07, 6.45) is -0.691. The first-order chi connectivity index (χ1) is 18.9. The van der Waals surface area contributed by atoms with Crippen LogP contribution in [-0.2, 0) is 11.3 Å². The van der Waals surface area contributed by atoms with Crippen LogP contribution < -0.4 is 19.1 Å². The van der Waals surface area contributed by atoms with Crippen LogP contribution in [0.5, 0.6) is 17.2 Å². The summed E-state index contributed by atoms with van der Waals surface area (Å²) in [4.78, 5) is 37.1. The number of hydrogen-bond acceptors (Lipinski definition) is 8. The Morgan fingerprint density at radius 3 is 2.33 bits per heavy atom. The molecular formula is C29H22N2O8. The molecule has 0 fully saturated rings. The van der Waals surface area contributed by atoms with Gasteiger partial charge in [0.05, 0.1) is 24.1 Å². The molecule has 1 amide bonds. The molecule has 4 aromatic carbocycles. The first-order valence-corrected chi connectivity index (χ1v) is 11.8. The van der Waals surface area contributed by atoms with Crippen molar-refractivity contribution in [3.63, 3.8) is 0 Å². The van der Waals surface area contributed by atoms with Crippen LogP contribution in [0, 0.1) is 10.1 Å². The predicted molar refractivity (Wildman–Crippen MR) is 141 cm³/mol. The van der Waals surface area contributed by atoms with Crippen molar-refractivity contribution in [1.29, 1.82) is 0 Å². The van der Waals surface area contributed by atoms with E-state index in [4.69, 9.17) is 18.9 Å². The molecule has 0 bridgehead atoms. The molecule has 0 saturated carbocycles. The Kier molecular flexibility index (Phi) is 7.09. The van der Waals surface area contributed by atoms with Crippen LogP contribution in [0.3, 0.4) is 0 Å². The minimum absolute atomic E-state index is 0.117. The molecule has 1 aliphatic rings. The second-order valence-corrected chi connectivity index (χ2v) is 8.51. The number of rotatable bonds is 7. The Hall–Kier alpha value is -5.38. The Morgan fingerprint density at radius 2 is 1.62 bits per heavy atom. The Morgan fingerprint density at radius 1 is 0.897 bits per heavy atom. The number of carbonyl (C=O) groups excluding carboxylic acids is 2. The van der Waals surface area contributed by atoms with E-state index in [1.807, 2.05) is 36.4 Å². The number of ether oxygens (including phenoxy) is 4. The van der Waals surface area contributed by atoms with Gasteiger partial charge in [-0.15, -0.1) is 0 Å². The van der Waals surface area contributed by atoms with Gasteiger partial charge in [-0.2, -0.15) is 0 Å². The number of non-ortho nitro benzene ring substituents is 1. The number of anilines is 1. The van der Waals surface area contributed by atoms with E-state index in [0.717, 1.165) is 16.7 Å². The van der Waals surface area contributed by atoms with Crippen LogP contribution in [0.2, 0.25) is 0 Å². The lowest BCUT2D eigenvalue weighted by Crippen LogP contribution is -2.33. The number of carbonyl (C=O) groups is 2. The van der Waals surface area contributed by atoms with Gasteiger partial charge in [0.1, 0.15) is 5.75 Å². The number of methoxy groups -OCH3 is 1. The molecule has 196 valence electrons. The molecule has 0 spiro atoms. The Balaban J connectivity index is 1.45. The SMILES string of the molecule is COC(=O)c1ccc(CN(C(=O)Oc2ccc([N+](=O)[O-])cc2)c2cccc(-c3ccc4c(c3)OCO4)c2)cc1. The summed E-state index contributed by atoms with van der Waals surface area (Å²) in [5.41, 5.74) is 3.25. The van der Waals surface area contributed by atoms with E-state index in [9.17, 15) is 19.7 Å². The smallest absolute Gasteiger partial charge is 0.420 e. The van der Waals surface area contributed by atoms with Crippen LogP contribution in [0.1, 0.15) is 15.9 Å². The molecule has 10 nitrogen and oxygen atoms in total. The number of benzene rings is 4. The Bertz CT molecular complexity index is 1530. The summed E-state index contributed by atoms with van der Waals surface area (Å²) in [6, 6.07) is 24.9. The summed E-state index contributed by atoms with van der Waals surface area (Å²) < 4.78 is 21.2. The molecule has 5 rings (SSSR count). The number of nitro groups is 1. The fourth-order valence-corrected chi connectivity index (χ4v) is 4.03. The summed E-state index contributed by atoms with van der Waals surface area (Å²) in [7, 11) is 1.30. The maximum atomic E-state index is 13.4. The zero-order valence-corrected chi connectivity index (χ0v) is 20.7. The third-order valence-corrected chi connectivity index (χ3v) is 6.05. The highest BCUT2D eigenvalue weighted by molar-refractivity contribution is 5.91. The van der Waals surface area contributed by atoms with E-state index in [1.165, 1.54) is 36.3 Å². The third-order valence-electron chi connectivity index (χ3n) is 6.05. The van der Waals surface area contributed by atoms with Crippen LogP contribution in [0.15, 0.2) is 91.0 Å². The van der Waals surface area contributed by atoms with E-state index >= 15 is 0 Å². The number of amides is 1. The molecule has 4 aromatic rings. The van der Waals surface area contributed by atoms with E-state index in [2.05, 4.69) is 0 Å². The molecule has 0 aliphatic carbocycles. The molecule has 0 atom stereocenters. The van der Waals surface area contributed by atoms with Gasteiger partial charge < -0.3 is 18.9 Å². The first kappa shape index (κ1) is 25.3. The maximum absolute atomic E-state index is 13.4. The fraction of sp³-hybridized carbons (Fsp3) is 0.103. The van der Waals surface area contributed by atoms with Gasteiger partial charge in [0.15, 0.2) is 11.5 Å². The lowest BCUT2D eigenvalue weighted by Gasteiger charge is -2.23.